The normalized spacial score (nSPS) is 17.2. The average Bonchev–Trinajstić information content (AvgIpc) is 1.78. The molecule has 25 nitrogen and oxygen atoms in total. The van der Waals surface area contributed by atoms with E-state index in [2.05, 4.69) is 90.5 Å². The third-order valence-electron chi connectivity index (χ3n) is 19.4. The number of benzene rings is 5. The first kappa shape index (κ1) is 69.4. The maximum absolute atomic E-state index is 13.2. The van der Waals surface area contributed by atoms with Crippen LogP contribution in [-0.4, -0.2) is 153 Å². The first-order valence-corrected chi connectivity index (χ1v) is 36.7. The molecule has 0 radical (unpaired) electrons. The summed E-state index contributed by atoms with van der Waals surface area (Å²) in [6.45, 7) is 6.92. The summed E-state index contributed by atoms with van der Waals surface area (Å²) in [6.07, 6.45) is 21.7. The van der Waals surface area contributed by atoms with Gasteiger partial charge in [0, 0.05) is 146 Å². The Labute approximate surface area is 603 Å². The number of H-pyrrole nitrogens is 5. The van der Waals surface area contributed by atoms with E-state index in [9.17, 15) is 22.3 Å². The highest BCUT2D eigenvalue weighted by atomic mass is 35.5. The number of halogens is 7. The van der Waals surface area contributed by atoms with Crippen molar-refractivity contribution in [2.24, 2.45) is 7.05 Å². The zero-order valence-electron chi connectivity index (χ0n) is 54.9. The molecule has 0 atom stereocenters. The van der Waals surface area contributed by atoms with Crippen LogP contribution in [-0.2, 0) is 35.6 Å². The molecule has 33 heteroatoms. The van der Waals surface area contributed by atoms with Gasteiger partial charge in [-0.25, -0.2) is 31.6 Å². The average molecular weight is 1490 g/mol. The van der Waals surface area contributed by atoms with Crippen molar-refractivity contribution in [2.45, 2.75) is 93.9 Å². The number of alkyl halides is 2. The summed E-state index contributed by atoms with van der Waals surface area (Å²) in [6, 6.07) is 21.0. The van der Waals surface area contributed by atoms with Gasteiger partial charge in [0.05, 0.1) is 113 Å². The molecular formula is C68H72Cl5F2N21O4S. The van der Waals surface area contributed by atoms with Gasteiger partial charge in [0.15, 0.2) is 5.89 Å². The molecule has 12 heterocycles. The summed E-state index contributed by atoms with van der Waals surface area (Å²) < 4.78 is 60.7. The molecule has 528 valence electrons. The van der Waals surface area contributed by atoms with Crippen LogP contribution in [0.5, 0.6) is 0 Å². The minimum absolute atomic E-state index is 0.0284. The number of nitrogens with one attached hydrogen (secondary N) is 6. The Morgan fingerprint density at radius 1 is 0.584 bits per heavy atom. The fourth-order valence-electron chi connectivity index (χ4n) is 14.2. The highest BCUT2D eigenvalue weighted by Gasteiger charge is 2.44. The number of aromatic amines is 5. The Kier molecular flexibility index (Phi) is 19.9. The monoisotopic (exact) mass is 1490 g/mol. The number of oxazole rings is 1. The minimum Gasteiger partial charge on any atom is -0.449 e. The molecule has 3 saturated heterocycles. The van der Waals surface area contributed by atoms with Gasteiger partial charge in [-0.2, -0.15) is 35.7 Å². The number of nitrogen functional groups attached to an aromatic ring is 1. The second-order valence-corrected chi connectivity index (χ2v) is 30.1. The van der Waals surface area contributed by atoms with Crippen molar-refractivity contribution >= 4 is 151 Å². The standard InChI is InChI=1S/C15H17ClN6.C15H15ClN4O.C14H14ClN5.C13H13ClF2N2O.C11H13ClN4O2S/c16-10-7-13-12(9-18-20-13)14(8-10)21-5-2-11(3-6-21)22-15(17)1-4-19-22;16-11-7-13-12(9-18-19-13)14(8-11)20-4-1-10(2-5-20)15-17-3-6-21-15;1-19-14-8-20(3-2-9(14)6-17-19)13-5-10(15)4-12-11(13)7-16-18-12;14-8-5-10(9-7-17-18-11(9)6-8)12(19)1-3-13(15,16)4-2-12;1-19(17,18)15-8-5-16(6-8)11-3-7(12)2-10-9(11)4-13-14-10/h1,4,7-9,11H,2-3,5-6,17H2,(H,18,20);3,6-10H,1-2,4-5H2,(H,18,19);4-7H,2-3,8H2,1H3,(H,16,18);5-7,19H,1-4H2,(H,17,18);2-4,8,15H,5-6H2,1H3,(H,13,14). The van der Waals surface area contributed by atoms with Crippen LogP contribution in [0.25, 0.3) is 54.5 Å². The fourth-order valence-corrected chi connectivity index (χ4v) is 16.0. The molecule has 1 aliphatic carbocycles. The maximum atomic E-state index is 13.2. The molecule has 9 N–H and O–H groups in total. The highest BCUT2D eigenvalue weighted by molar-refractivity contribution is 7.88. The summed E-state index contributed by atoms with van der Waals surface area (Å²) in [5, 5.41) is 62.6. The van der Waals surface area contributed by atoms with E-state index >= 15 is 0 Å². The zero-order chi connectivity index (χ0) is 70.3. The van der Waals surface area contributed by atoms with Gasteiger partial charge in [0.25, 0.3) is 0 Å². The van der Waals surface area contributed by atoms with Crippen molar-refractivity contribution in [1.29, 1.82) is 0 Å². The zero-order valence-corrected chi connectivity index (χ0v) is 59.5. The topological polar surface area (TPSA) is 310 Å². The van der Waals surface area contributed by atoms with E-state index in [1.54, 1.807) is 43.2 Å². The van der Waals surface area contributed by atoms with Crippen LogP contribution in [0.4, 0.5) is 37.3 Å². The number of aromatic nitrogens is 15. The Morgan fingerprint density at radius 3 is 1.50 bits per heavy atom. The number of hydrogen-bond donors (Lipinski definition) is 8. The Balaban J connectivity index is 0.000000107. The van der Waals surface area contributed by atoms with E-state index in [1.807, 2.05) is 95.8 Å². The molecule has 13 aromatic rings. The smallest absolute Gasteiger partial charge is 0.248 e. The number of hydrogen-bond acceptors (Lipinski definition) is 17. The highest BCUT2D eigenvalue weighted by Crippen LogP contribution is 2.47. The molecule has 101 heavy (non-hydrogen) atoms. The largest absolute Gasteiger partial charge is 0.449 e. The molecule has 0 spiro atoms. The molecule has 8 aromatic heterocycles. The van der Waals surface area contributed by atoms with Crippen LogP contribution in [0.2, 0.25) is 25.1 Å². The van der Waals surface area contributed by atoms with Crippen molar-refractivity contribution < 1.29 is 26.7 Å². The van der Waals surface area contributed by atoms with Crippen LogP contribution < -0.4 is 30.1 Å². The second-order valence-electron chi connectivity index (χ2n) is 26.2. The summed E-state index contributed by atoms with van der Waals surface area (Å²) in [5.74, 6) is -0.678. The molecule has 18 rings (SSSR count). The number of fused-ring (bicyclic) bond motifs is 6. The molecule has 4 fully saturated rings. The minimum atomic E-state index is -3.15. The predicted molar refractivity (Wildman–Crippen MR) is 393 cm³/mol. The second kappa shape index (κ2) is 28.9. The Morgan fingerprint density at radius 2 is 1.04 bits per heavy atom. The first-order chi connectivity index (χ1) is 48.6. The lowest BCUT2D eigenvalue weighted by molar-refractivity contribution is -0.106. The Hall–Kier alpha value is -8.74. The summed E-state index contributed by atoms with van der Waals surface area (Å²) >= 11 is 30.7. The first-order valence-electron chi connectivity index (χ1n) is 33.0. The SMILES string of the molecule is CS(=O)(=O)NC1CN(c2cc(Cl)cc3[nH]ncc23)C1.Clc1cc(N2CCC(c3ncco3)CC2)c2cn[nH]c2c1.Cn1ncc2c1CN(c1cc(Cl)cc3[nH]ncc13)CC2.Nc1ccnn1C1CCN(c2cc(Cl)cc3[nH]ncc23)CC1.OC1(c2cc(Cl)cc3[nH]ncc23)CCC(F)(F)CC1. The lowest BCUT2D eigenvalue weighted by Gasteiger charge is -2.41. The molecule has 5 aliphatic rings. The van der Waals surface area contributed by atoms with Crippen LogP contribution in [0, 0.1) is 0 Å². The van der Waals surface area contributed by atoms with E-state index < -0.39 is 21.5 Å². The molecule has 1 saturated carbocycles. The van der Waals surface area contributed by atoms with Crippen LogP contribution >= 0.6 is 58.0 Å². The van der Waals surface area contributed by atoms with Crippen LogP contribution in [0.1, 0.15) is 86.0 Å². The molecule has 0 unspecified atom stereocenters. The fraction of sp³-hybridized carbons (Fsp3) is 0.353. The quantitative estimate of drug-likeness (QED) is 0.0666. The van der Waals surface area contributed by atoms with E-state index in [0.717, 1.165) is 170 Å². The lowest BCUT2D eigenvalue weighted by atomic mass is 9.77. The Bertz CT molecular complexity index is 5160. The molecular weight excluding hydrogens is 1420 g/mol. The van der Waals surface area contributed by atoms with Crippen molar-refractivity contribution in [1.82, 2.24) is 80.3 Å². The van der Waals surface area contributed by atoms with Gasteiger partial charge >= 0.3 is 0 Å². The summed E-state index contributed by atoms with van der Waals surface area (Å²) in [5.41, 5.74) is 16.8. The van der Waals surface area contributed by atoms with E-state index in [1.165, 1.54) is 17.5 Å². The van der Waals surface area contributed by atoms with Crippen molar-refractivity contribution in [3.8, 4) is 0 Å². The summed E-state index contributed by atoms with van der Waals surface area (Å²) in [4.78, 5) is 13.4. The number of rotatable bonds is 9. The van der Waals surface area contributed by atoms with Gasteiger partial charge in [-0.1, -0.05) is 58.0 Å². The van der Waals surface area contributed by atoms with Crippen molar-refractivity contribution in [2.75, 3.05) is 77.4 Å². The van der Waals surface area contributed by atoms with Crippen LogP contribution in [0.15, 0.2) is 127 Å². The molecule has 4 aliphatic heterocycles. The van der Waals surface area contributed by atoms with Crippen molar-refractivity contribution in [3.63, 3.8) is 0 Å². The van der Waals surface area contributed by atoms with Crippen molar-refractivity contribution in [3.05, 3.63) is 170 Å². The van der Waals surface area contributed by atoms with Gasteiger partial charge in [-0.15, -0.1) is 0 Å². The predicted octanol–water partition coefficient (Wildman–Crippen LogP) is 13.5. The third-order valence-corrected chi connectivity index (χ3v) is 21.3. The summed E-state index contributed by atoms with van der Waals surface area (Å²) in [7, 11) is -1.16. The number of aliphatic hydroxyl groups is 1. The maximum Gasteiger partial charge on any atom is 0.248 e. The number of nitrogens with zero attached hydrogens (tertiary/aromatic N) is 14. The number of aryl methyl sites for hydroxylation is 1. The van der Waals surface area contributed by atoms with Gasteiger partial charge in [0.2, 0.25) is 15.9 Å². The van der Waals surface area contributed by atoms with E-state index in [0.29, 0.717) is 46.2 Å². The number of sulfonamides is 1. The third kappa shape index (κ3) is 15.4. The number of nitrogens with two attached hydrogens (primary N) is 1. The lowest BCUT2D eigenvalue weighted by Crippen LogP contribution is -2.59. The molecule has 0 bridgehead atoms. The van der Waals surface area contributed by atoms with Gasteiger partial charge in [-0.05, 0) is 123 Å². The molecule has 5 aromatic carbocycles. The van der Waals surface area contributed by atoms with Crippen LogP contribution in [0.3, 0.4) is 0 Å². The van der Waals surface area contributed by atoms with E-state index in [4.69, 9.17) is 68.2 Å². The number of piperidine rings is 2. The van der Waals surface area contributed by atoms with Gasteiger partial charge in [0.1, 0.15) is 12.1 Å². The molecule has 0 amide bonds. The van der Waals surface area contributed by atoms with Gasteiger partial charge < -0.3 is 34.9 Å². The number of anilines is 5. The van der Waals surface area contributed by atoms with E-state index in [-0.39, 0.29) is 31.7 Å². The van der Waals surface area contributed by atoms with Gasteiger partial charge in [-0.3, -0.25) is 30.2 Å².